The maximum Gasteiger partial charge on any atom is 0.264 e. The topological polar surface area (TPSA) is 96.0 Å². The standard InChI is InChI=1S/C38H43N3O5S/c1-3-46-34-22-20-33(21-23-34)41(47(44,45)35-24-18-29(2)19-25-35)28-37(42)40(27-31-14-8-5-9-15-31)36(26-30-12-6-4-7-13-30)38(43)39-32-16-10-11-17-32/h4-9,12-15,18-25,32,36H,3,10-11,16-17,26-28H2,1-2H3,(H,39,43). The van der Waals surface area contributed by atoms with Gasteiger partial charge in [-0.25, -0.2) is 8.42 Å². The zero-order chi connectivity index (χ0) is 33.2. The van der Waals surface area contributed by atoms with Crippen molar-refractivity contribution in [2.45, 2.75) is 69.5 Å². The van der Waals surface area contributed by atoms with Crippen LogP contribution in [0.1, 0.15) is 49.3 Å². The van der Waals surface area contributed by atoms with E-state index < -0.39 is 28.5 Å². The van der Waals surface area contributed by atoms with Crippen molar-refractivity contribution in [2.24, 2.45) is 0 Å². The third-order valence-electron chi connectivity index (χ3n) is 8.49. The highest BCUT2D eigenvalue weighted by Gasteiger charge is 2.35. The van der Waals surface area contributed by atoms with Crippen LogP contribution in [0.25, 0.3) is 0 Å². The van der Waals surface area contributed by atoms with Crippen LogP contribution in [-0.4, -0.2) is 50.4 Å². The molecule has 1 saturated carbocycles. The third-order valence-corrected chi connectivity index (χ3v) is 10.3. The molecule has 8 nitrogen and oxygen atoms in total. The second-order valence-corrected chi connectivity index (χ2v) is 13.8. The van der Waals surface area contributed by atoms with Crippen molar-refractivity contribution in [1.82, 2.24) is 10.2 Å². The fraction of sp³-hybridized carbons (Fsp3) is 0.316. The summed E-state index contributed by atoms with van der Waals surface area (Å²) in [4.78, 5) is 30.3. The molecule has 0 radical (unpaired) electrons. The van der Waals surface area contributed by atoms with Crippen LogP contribution in [0.4, 0.5) is 5.69 Å². The van der Waals surface area contributed by atoms with E-state index in [2.05, 4.69) is 5.32 Å². The van der Waals surface area contributed by atoms with Crippen molar-refractivity contribution in [1.29, 1.82) is 0 Å². The van der Waals surface area contributed by atoms with Gasteiger partial charge in [0.25, 0.3) is 10.0 Å². The molecule has 4 aromatic carbocycles. The van der Waals surface area contributed by atoms with E-state index in [0.717, 1.165) is 46.7 Å². The molecule has 5 rings (SSSR count). The smallest absolute Gasteiger partial charge is 0.264 e. The second kappa shape index (κ2) is 15.8. The molecule has 47 heavy (non-hydrogen) atoms. The number of amides is 2. The van der Waals surface area contributed by atoms with Crippen LogP contribution >= 0.6 is 0 Å². The Hall–Kier alpha value is -4.63. The SMILES string of the molecule is CCOc1ccc(N(CC(=O)N(Cc2ccccc2)C(Cc2ccccc2)C(=O)NC2CCCC2)S(=O)(=O)c2ccc(C)cc2)cc1. The van der Waals surface area contributed by atoms with E-state index in [1.165, 1.54) is 0 Å². The fourth-order valence-corrected chi connectivity index (χ4v) is 7.36. The summed E-state index contributed by atoms with van der Waals surface area (Å²) in [6.45, 7) is 3.85. The summed E-state index contributed by atoms with van der Waals surface area (Å²) in [5.41, 5.74) is 2.97. The molecule has 0 aliphatic heterocycles. The van der Waals surface area contributed by atoms with Gasteiger partial charge in [0.1, 0.15) is 18.3 Å². The lowest BCUT2D eigenvalue weighted by Crippen LogP contribution is -2.54. The molecule has 246 valence electrons. The Balaban J connectivity index is 1.55. The van der Waals surface area contributed by atoms with Crippen molar-refractivity contribution >= 4 is 27.5 Å². The zero-order valence-corrected chi connectivity index (χ0v) is 27.9. The normalized spacial score (nSPS) is 13.9. The number of benzene rings is 4. The van der Waals surface area contributed by atoms with E-state index in [-0.39, 0.29) is 29.8 Å². The highest BCUT2D eigenvalue weighted by molar-refractivity contribution is 7.92. The van der Waals surface area contributed by atoms with Crippen LogP contribution in [0.5, 0.6) is 5.75 Å². The molecule has 9 heteroatoms. The van der Waals surface area contributed by atoms with Gasteiger partial charge in [-0.1, -0.05) is 91.2 Å². The van der Waals surface area contributed by atoms with Crippen molar-refractivity contribution in [2.75, 3.05) is 17.5 Å². The summed E-state index contributed by atoms with van der Waals surface area (Å²) in [5.74, 6) is -0.132. The first kappa shape index (κ1) is 33.7. The van der Waals surface area contributed by atoms with Gasteiger partial charge in [-0.3, -0.25) is 13.9 Å². The van der Waals surface area contributed by atoms with Crippen LogP contribution in [0.3, 0.4) is 0 Å². The van der Waals surface area contributed by atoms with Gasteiger partial charge >= 0.3 is 0 Å². The number of anilines is 1. The number of nitrogens with zero attached hydrogens (tertiary/aromatic N) is 2. The highest BCUT2D eigenvalue weighted by Crippen LogP contribution is 2.27. The van der Waals surface area contributed by atoms with Gasteiger partial charge in [0, 0.05) is 19.0 Å². The molecule has 0 heterocycles. The van der Waals surface area contributed by atoms with Gasteiger partial charge in [0.05, 0.1) is 17.2 Å². The van der Waals surface area contributed by atoms with Crippen molar-refractivity contribution in [3.05, 3.63) is 126 Å². The van der Waals surface area contributed by atoms with E-state index in [4.69, 9.17) is 4.74 Å². The summed E-state index contributed by atoms with van der Waals surface area (Å²) in [5, 5.41) is 3.21. The number of rotatable bonds is 14. The summed E-state index contributed by atoms with van der Waals surface area (Å²) in [6.07, 6.45) is 4.18. The number of carbonyl (C=O) groups is 2. The molecule has 0 spiro atoms. The van der Waals surface area contributed by atoms with Crippen molar-refractivity contribution in [3.63, 3.8) is 0 Å². The predicted molar refractivity (Wildman–Crippen MR) is 185 cm³/mol. The number of carbonyl (C=O) groups excluding carboxylic acids is 2. The van der Waals surface area contributed by atoms with E-state index in [9.17, 15) is 18.0 Å². The minimum absolute atomic E-state index is 0.0525. The van der Waals surface area contributed by atoms with Gasteiger partial charge in [0.2, 0.25) is 11.8 Å². The molecule has 0 aromatic heterocycles. The number of sulfonamides is 1. The van der Waals surface area contributed by atoms with Gasteiger partial charge in [-0.2, -0.15) is 0 Å². The van der Waals surface area contributed by atoms with Crippen LogP contribution in [0.15, 0.2) is 114 Å². The average Bonchev–Trinajstić information content (AvgIpc) is 3.60. The first-order valence-corrected chi connectivity index (χ1v) is 17.7. The Kier molecular flexibility index (Phi) is 11.3. The minimum atomic E-state index is -4.18. The quantitative estimate of drug-likeness (QED) is 0.173. The molecule has 4 aromatic rings. The lowest BCUT2D eigenvalue weighted by molar-refractivity contribution is -0.140. The van der Waals surface area contributed by atoms with Gasteiger partial charge < -0.3 is 15.0 Å². The van der Waals surface area contributed by atoms with E-state index in [0.29, 0.717) is 18.0 Å². The lowest BCUT2D eigenvalue weighted by atomic mass is 10.0. The number of aryl methyl sites for hydroxylation is 1. The predicted octanol–water partition coefficient (Wildman–Crippen LogP) is 6.29. The van der Waals surface area contributed by atoms with Crippen LogP contribution in [0, 0.1) is 6.92 Å². The average molecular weight is 654 g/mol. The Morgan fingerprint density at radius 3 is 2.02 bits per heavy atom. The Bertz CT molecular complexity index is 1710. The minimum Gasteiger partial charge on any atom is -0.494 e. The summed E-state index contributed by atoms with van der Waals surface area (Å²) >= 11 is 0. The molecule has 1 N–H and O–H groups in total. The molecular formula is C38H43N3O5S. The third kappa shape index (κ3) is 8.80. The molecular weight excluding hydrogens is 611 g/mol. The highest BCUT2D eigenvalue weighted by atomic mass is 32.2. The first-order valence-electron chi connectivity index (χ1n) is 16.2. The molecule has 1 unspecified atom stereocenters. The molecule has 1 atom stereocenters. The molecule has 2 amide bonds. The lowest BCUT2D eigenvalue weighted by Gasteiger charge is -2.34. The molecule has 0 bridgehead atoms. The number of hydrogen-bond donors (Lipinski definition) is 1. The van der Waals surface area contributed by atoms with E-state index in [1.807, 2.05) is 74.5 Å². The first-order chi connectivity index (χ1) is 22.7. The van der Waals surface area contributed by atoms with Gasteiger partial charge in [-0.05, 0) is 74.2 Å². The summed E-state index contributed by atoms with van der Waals surface area (Å²) in [6, 6.07) is 31.5. The summed E-state index contributed by atoms with van der Waals surface area (Å²) < 4.78 is 35.2. The summed E-state index contributed by atoms with van der Waals surface area (Å²) in [7, 11) is -4.18. The Labute approximate surface area is 278 Å². The maximum absolute atomic E-state index is 14.6. The van der Waals surface area contributed by atoms with E-state index >= 15 is 0 Å². The van der Waals surface area contributed by atoms with Crippen LogP contribution in [0.2, 0.25) is 0 Å². The van der Waals surface area contributed by atoms with Gasteiger partial charge in [-0.15, -0.1) is 0 Å². The van der Waals surface area contributed by atoms with Crippen LogP contribution < -0.4 is 14.4 Å². The maximum atomic E-state index is 14.6. The molecule has 1 aliphatic rings. The van der Waals surface area contributed by atoms with Gasteiger partial charge in [0.15, 0.2) is 0 Å². The molecule has 0 saturated heterocycles. The number of hydrogen-bond acceptors (Lipinski definition) is 5. The van der Waals surface area contributed by atoms with Crippen molar-refractivity contribution in [3.8, 4) is 5.75 Å². The molecule has 1 aliphatic carbocycles. The van der Waals surface area contributed by atoms with Crippen molar-refractivity contribution < 1.29 is 22.7 Å². The number of nitrogens with one attached hydrogen (secondary N) is 1. The molecule has 1 fully saturated rings. The second-order valence-electron chi connectivity index (χ2n) is 12.0. The number of ether oxygens (including phenoxy) is 1. The van der Waals surface area contributed by atoms with Crippen LogP contribution in [-0.2, 0) is 32.6 Å². The fourth-order valence-electron chi connectivity index (χ4n) is 5.94. The Morgan fingerprint density at radius 2 is 1.43 bits per heavy atom. The zero-order valence-electron chi connectivity index (χ0n) is 27.0. The monoisotopic (exact) mass is 653 g/mol. The van der Waals surface area contributed by atoms with E-state index in [1.54, 1.807) is 53.4 Å². The largest absolute Gasteiger partial charge is 0.494 e. The Morgan fingerprint density at radius 1 is 0.830 bits per heavy atom.